The first-order valence-corrected chi connectivity index (χ1v) is 5.90. The number of hydrogen-bond acceptors (Lipinski definition) is 2. The van der Waals surface area contributed by atoms with Crippen LogP contribution in [0.3, 0.4) is 0 Å². The van der Waals surface area contributed by atoms with Gasteiger partial charge >= 0.3 is 0 Å². The van der Waals surface area contributed by atoms with Crippen LogP contribution < -0.4 is 11.1 Å². The maximum atomic E-state index is 11.2. The van der Waals surface area contributed by atoms with Gasteiger partial charge in [0.1, 0.15) is 0 Å². The van der Waals surface area contributed by atoms with E-state index in [2.05, 4.69) is 37.4 Å². The second-order valence-corrected chi connectivity index (χ2v) is 5.21. The molecule has 17 heavy (non-hydrogen) atoms. The molecule has 3 nitrogen and oxygen atoms in total. The first-order valence-electron chi connectivity index (χ1n) is 5.90. The van der Waals surface area contributed by atoms with E-state index in [1.807, 2.05) is 13.8 Å². The molecule has 1 rings (SSSR count). The van der Waals surface area contributed by atoms with Gasteiger partial charge in [0.15, 0.2) is 0 Å². The van der Waals surface area contributed by atoms with Gasteiger partial charge in [-0.3, -0.25) is 4.79 Å². The summed E-state index contributed by atoms with van der Waals surface area (Å²) in [5, 5.41) is 3.29. The molecule has 1 amide bonds. The Bertz CT molecular complexity index is 411. The van der Waals surface area contributed by atoms with E-state index in [0.717, 1.165) is 6.54 Å². The van der Waals surface area contributed by atoms with Gasteiger partial charge in [-0.2, -0.15) is 0 Å². The number of nitrogens with two attached hydrogens (primary N) is 1. The molecular formula is C14H22N2O. The first-order chi connectivity index (χ1) is 7.84. The van der Waals surface area contributed by atoms with Crippen LogP contribution in [0, 0.1) is 19.3 Å². The number of aryl methyl sites for hydroxylation is 1. The fraction of sp³-hybridized carbons (Fsp3) is 0.500. The summed E-state index contributed by atoms with van der Waals surface area (Å²) in [7, 11) is 0. The van der Waals surface area contributed by atoms with Crippen molar-refractivity contribution in [2.24, 2.45) is 11.1 Å². The molecule has 0 spiro atoms. The van der Waals surface area contributed by atoms with E-state index >= 15 is 0 Å². The van der Waals surface area contributed by atoms with E-state index < -0.39 is 5.41 Å². The number of benzene rings is 1. The lowest BCUT2D eigenvalue weighted by Gasteiger charge is -2.21. The zero-order valence-corrected chi connectivity index (χ0v) is 11.1. The lowest BCUT2D eigenvalue weighted by molar-refractivity contribution is -0.125. The second kappa shape index (κ2) is 5.32. The summed E-state index contributed by atoms with van der Waals surface area (Å²) in [5.41, 5.74) is 8.68. The molecule has 0 aliphatic rings. The van der Waals surface area contributed by atoms with Crippen molar-refractivity contribution in [1.82, 2.24) is 5.32 Å². The van der Waals surface area contributed by atoms with Gasteiger partial charge in [0, 0.05) is 13.1 Å². The van der Waals surface area contributed by atoms with E-state index in [-0.39, 0.29) is 5.91 Å². The minimum atomic E-state index is -0.502. The molecule has 1 aromatic rings. The van der Waals surface area contributed by atoms with Crippen LogP contribution in [0.25, 0.3) is 0 Å². The second-order valence-electron chi connectivity index (χ2n) is 5.21. The van der Waals surface area contributed by atoms with Gasteiger partial charge in [-0.25, -0.2) is 0 Å². The van der Waals surface area contributed by atoms with Crippen LogP contribution >= 0.6 is 0 Å². The molecule has 0 aromatic heterocycles. The SMILES string of the molecule is Cc1cccc(CNCC(C)(C)C(N)=O)c1C. The fourth-order valence-electron chi connectivity index (χ4n) is 1.60. The lowest BCUT2D eigenvalue weighted by Crippen LogP contribution is -2.40. The van der Waals surface area contributed by atoms with Crippen molar-refractivity contribution in [2.45, 2.75) is 34.2 Å². The third-order valence-corrected chi connectivity index (χ3v) is 3.27. The van der Waals surface area contributed by atoms with E-state index in [1.54, 1.807) is 0 Å². The van der Waals surface area contributed by atoms with Crippen LogP contribution in [0.2, 0.25) is 0 Å². The summed E-state index contributed by atoms with van der Waals surface area (Å²) in [6.45, 7) is 9.29. The van der Waals surface area contributed by atoms with Crippen LogP contribution in [-0.4, -0.2) is 12.5 Å². The largest absolute Gasteiger partial charge is 0.369 e. The van der Waals surface area contributed by atoms with Gasteiger partial charge < -0.3 is 11.1 Å². The van der Waals surface area contributed by atoms with Crippen molar-refractivity contribution in [2.75, 3.05) is 6.54 Å². The maximum Gasteiger partial charge on any atom is 0.224 e. The molecule has 94 valence electrons. The summed E-state index contributed by atoms with van der Waals surface area (Å²) in [6.07, 6.45) is 0. The summed E-state index contributed by atoms with van der Waals surface area (Å²) < 4.78 is 0. The third-order valence-electron chi connectivity index (χ3n) is 3.27. The number of nitrogens with one attached hydrogen (secondary N) is 1. The Morgan fingerprint density at radius 1 is 1.35 bits per heavy atom. The minimum Gasteiger partial charge on any atom is -0.369 e. The van der Waals surface area contributed by atoms with Crippen molar-refractivity contribution < 1.29 is 4.79 Å². The standard InChI is InChI=1S/C14H22N2O/c1-10-6-5-7-12(11(10)2)8-16-9-14(3,4)13(15)17/h5-7,16H,8-9H2,1-4H3,(H2,15,17). The zero-order valence-electron chi connectivity index (χ0n) is 11.1. The van der Waals surface area contributed by atoms with Crippen LogP contribution in [0.1, 0.15) is 30.5 Å². The molecule has 0 aliphatic heterocycles. The van der Waals surface area contributed by atoms with Crippen LogP contribution in [0.15, 0.2) is 18.2 Å². The van der Waals surface area contributed by atoms with Crippen molar-refractivity contribution >= 4 is 5.91 Å². The van der Waals surface area contributed by atoms with Crippen molar-refractivity contribution in [3.63, 3.8) is 0 Å². The molecule has 0 saturated heterocycles. The Labute approximate surface area is 103 Å². The highest BCUT2D eigenvalue weighted by Gasteiger charge is 2.24. The molecule has 0 bridgehead atoms. The normalized spacial score (nSPS) is 11.5. The van der Waals surface area contributed by atoms with E-state index in [0.29, 0.717) is 6.54 Å². The molecule has 0 saturated carbocycles. The Kier molecular flexibility index (Phi) is 4.29. The number of primary amides is 1. The van der Waals surface area contributed by atoms with Crippen molar-refractivity contribution in [1.29, 1.82) is 0 Å². The molecule has 0 aliphatic carbocycles. The smallest absolute Gasteiger partial charge is 0.224 e. The summed E-state index contributed by atoms with van der Waals surface area (Å²) >= 11 is 0. The molecule has 0 atom stereocenters. The Morgan fingerprint density at radius 3 is 2.59 bits per heavy atom. The fourth-order valence-corrected chi connectivity index (χ4v) is 1.60. The number of rotatable bonds is 5. The van der Waals surface area contributed by atoms with Crippen molar-refractivity contribution in [3.05, 3.63) is 34.9 Å². The predicted octanol–water partition coefficient (Wildman–Crippen LogP) is 1.90. The van der Waals surface area contributed by atoms with E-state index in [4.69, 9.17) is 5.73 Å². The van der Waals surface area contributed by atoms with Crippen molar-refractivity contribution in [3.8, 4) is 0 Å². The molecule has 0 heterocycles. The molecule has 3 heteroatoms. The van der Waals surface area contributed by atoms with Gasteiger partial charge in [-0.15, -0.1) is 0 Å². The minimum absolute atomic E-state index is 0.272. The number of carbonyl (C=O) groups excluding carboxylic acids is 1. The Hall–Kier alpha value is -1.35. The lowest BCUT2D eigenvalue weighted by atomic mass is 9.92. The average molecular weight is 234 g/mol. The third kappa shape index (κ3) is 3.56. The highest BCUT2D eigenvalue weighted by molar-refractivity contribution is 5.80. The maximum absolute atomic E-state index is 11.2. The van der Waals surface area contributed by atoms with Crippen LogP contribution in [0.4, 0.5) is 0 Å². The van der Waals surface area contributed by atoms with Gasteiger partial charge in [-0.05, 0) is 44.4 Å². The zero-order chi connectivity index (χ0) is 13.1. The van der Waals surface area contributed by atoms with Crippen LogP contribution in [0.5, 0.6) is 0 Å². The Balaban J connectivity index is 2.58. The summed E-state index contributed by atoms with van der Waals surface area (Å²) in [4.78, 5) is 11.2. The molecule has 0 radical (unpaired) electrons. The molecule has 0 fully saturated rings. The summed E-state index contributed by atoms with van der Waals surface area (Å²) in [5.74, 6) is -0.272. The average Bonchev–Trinajstić information content (AvgIpc) is 2.24. The summed E-state index contributed by atoms with van der Waals surface area (Å²) in [6, 6.07) is 6.26. The number of carbonyl (C=O) groups is 1. The number of hydrogen-bond donors (Lipinski definition) is 2. The number of amides is 1. The van der Waals surface area contributed by atoms with E-state index in [1.165, 1.54) is 16.7 Å². The molecule has 1 aromatic carbocycles. The molecular weight excluding hydrogens is 212 g/mol. The van der Waals surface area contributed by atoms with Crippen LogP contribution in [-0.2, 0) is 11.3 Å². The topological polar surface area (TPSA) is 55.1 Å². The quantitative estimate of drug-likeness (QED) is 0.817. The van der Waals surface area contributed by atoms with Gasteiger partial charge in [-0.1, -0.05) is 18.2 Å². The van der Waals surface area contributed by atoms with Gasteiger partial charge in [0.2, 0.25) is 5.91 Å². The monoisotopic (exact) mass is 234 g/mol. The first kappa shape index (κ1) is 13.7. The Morgan fingerprint density at radius 2 is 2.00 bits per heavy atom. The highest BCUT2D eigenvalue weighted by Crippen LogP contribution is 2.15. The van der Waals surface area contributed by atoms with Gasteiger partial charge in [0.25, 0.3) is 0 Å². The predicted molar refractivity (Wildman–Crippen MR) is 70.6 cm³/mol. The molecule has 0 unspecified atom stereocenters. The van der Waals surface area contributed by atoms with E-state index in [9.17, 15) is 4.79 Å². The molecule has 3 N–H and O–H groups in total. The van der Waals surface area contributed by atoms with Gasteiger partial charge in [0.05, 0.1) is 5.41 Å². The highest BCUT2D eigenvalue weighted by atomic mass is 16.1.